The Morgan fingerprint density at radius 1 is 1.32 bits per heavy atom. The predicted octanol–water partition coefficient (Wildman–Crippen LogP) is 2.26. The van der Waals surface area contributed by atoms with Crippen molar-refractivity contribution in [3.05, 3.63) is 10.4 Å². The first-order valence-electron chi connectivity index (χ1n) is 6.41. The molecule has 1 amide bonds. The standard InChI is InChI=1S/C13H21N3O2S/c1-4-6-7-16(5-2)13-9(12(15)18)10(14)11(19-13)8(3)17/h4-7,14H2,1-3H3,(H2,15,18). The predicted molar refractivity (Wildman–Crippen MR) is 80.0 cm³/mol. The van der Waals surface area contributed by atoms with Gasteiger partial charge in [0.05, 0.1) is 16.1 Å². The number of anilines is 2. The Kier molecular flexibility index (Phi) is 5.35. The molecule has 0 atom stereocenters. The molecule has 0 aliphatic rings. The highest BCUT2D eigenvalue weighted by molar-refractivity contribution is 7.19. The summed E-state index contributed by atoms with van der Waals surface area (Å²) >= 11 is 1.26. The molecule has 1 rings (SSSR count). The van der Waals surface area contributed by atoms with Crippen LogP contribution in [0.3, 0.4) is 0 Å². The summed E-state index contributed by atoms with van der Waals surface area (Å²) in [6.45, 7) is 7.12. The van der Waals surface area contributed by atoms with Crippen LogP contribution in [0.2, 0.25) is 0 Å². The zero-order chi connectivity index (χ0) is 14.6. The fourth-order valence-electron chi connectivity index (χ4n) is 1.91. The third kappa shape index (κ3) is 3.26. The van der Waals surface area contributed by atoms with E-state index in [0.717, 1.165) is 25.9 Å². The lowest BCUT2D eigenvalue weighted by atomic mass is 10.2. The molecule has 0 saturated carbocycles. The number of hydrogen-bond donors (Lipinski definition) is 2. The molecule has 0 aliphatic carbocycles. The molecular weight excluding hydrogens is 262 g/mol. The Morgan fingerprint density at radius 3 is 2.37 bits per heavy atom. The van der Waals surface area contributed by atoms with Crippen LogP contribution in [-0.4, -0.2) is 24.8 Å². The van der Waals surface area contributed by atoms with E-state index in [1.165, 1.54) is 18.3 Å². The maximum absolute atomic E-state index is 11.6. The van der Waals surface area contributed by atoms with Gasteiger partial charge in [0.15, 0.2) is 5.78 Å². The SMILES string of the molecule is CCCCN(CC)c1sc(C(C)=O)c(N)c1C(N)=O. The number of carbonyl (C=O) groups is 2. The lowest BCUT2D eigenvalue weighted by Crippen LogP contribution is -2.26. The average Bonchev–Trinajstić information content (AvgIpc) is 2.68. The molecular formula is C13H21N3O2S. The zero-order valence-electron chi connectivity index (χ0n) is 11.7. The summed E-state index contributed by atoms with van der Waals surface area (Å²) in [4.78, 5) is 25.6. The van der Waals surface area contributed by atoms with Crippen LogP contribution < -0.4 is 16.4 Å². The topological polar surface area (TPSA) is 89.4 Å². The third-order valence-electron chi connectivity index (χ3n) is 2.94. The maximum Gasteiger partial charge on any atom is 0.253 e. The zero-order valence-corrected chi connectivity index (χ0v) is 12.5. The molecule has 0 aliphatic heterocycles. The molecule has 1 heterocycles. The molecule has 6 heteroatoms. The van der Waals surface area contributed by atoms with Crippen LogP contribution in [0, 0.1) is 0 Å². The second-order valence-corrected chi connectivity index (χ2v) is 5.38. The molecule has 5 nitrogen and oxygen atoms in total. The lowest BCUT2D eigenvalue weighted by molar-refractivity contribution is 0.100. The lowest BCUT2D eigenvalue weighted by Gasteiger charge is -2.22. The summed E-state index contributed by atoms with van der Waals surface area (Å²) in [7, 11) is 0. The van der Waals surface area contributed by atoms with Crippen LogP contribution in [0.5, 0.6) is 0 Å². The van der Waals surface area contributed by atoms with E-state index < -0.39 is 5.91 Å². The van der Waals surface area contributed by atoms with E-state index in [-0.39, 0.29) is 17.0 Å². The first-order chi connectivity index (χ1) is 8.93. The smallest absolute Gasteiger partial charge is 0.253 e. The highest BCUT2D eigenvalue weighted by atomic mass is 32.1. The number of amides is 1. The first-order valence-corrected chi connectivity index (χ1v) is 7.23. The molecule has 1 aromatic rings. The maximum atomic E-state index is 11.6. The van der Waals surface area contributed by atoms with Gasteiger partial charge >= 0.3 is 0 Å². The minimum absolute atomic E-state index is 0.136. The van der Waals surface area contributed by atoms with Gasteiger partial charge in [-0.2, -0.15) is 0 Å². The van der Waals surface area contributed by atoms with Crippen molar-refractivity contribution in [2.75, 3.05) is 23.7 Å². The Balaban J connectivity index is 3.27. The van der Waals surface area contributed by atoms with E-state index >= 15 is 0 Å². The van der Waals surface area contributed by atoms with Crippen LogP contribution in [-0.2, 0) is 0 Å². The number of nitrogen functional groups attached to an aromatic ring is 1. The largest absolute Gasteiger partial charge is 0.397 e. The number of hydrogen-bond acceptors (Lipinski definition) is 5. The Hall–Kier alpha value is -1.56. The summed E-state index contributed by atoms with van der Waals surface area (Å²) in [5.41, 5.74) is 11.8. The summed E-state index contributed by atoms with van der Waals surface area (Å²) < 4.78 is 0. The number of carbonyl (C=O) groups excluding carboxylic acids is 2. The number of ketones is 1. The molecule has 0 radical (unpaired) electrons. The number of Topliss-reactive ketones (excluding diaryl/α,β-unsaturated/α-hetero) is 1. The minimum atomic E-state index is -0.578. The molecule has 4 N–H and O–H groups in total. The Morgan fingerprint density at radius 2 is 1.95 bits per heavy atom. The van der Waals surface area contributed by atoms with E-state index in [2.05, 4.69) is 11.8 Å². The van der Waals surface area contributed by atoms with Crippen molar-refractivity contribution in [3.8, 4) is 0 Å². The van der Waals surface area contributed by atoms with E-state index in [1.807, 2.05) is 6.92 Å². The van der Waals surface area contributed by atoms with Gasteiger partial charge in [-0.1, -0.05) is 13.3 Å². The highest BCUT2D eigenvalue weighted by Crippen LogP contribution is 2.38. The Bertz CT molecular complexity index is 482. The summed E-state index contributed by atoms with van der Waals surface area (Å²) in [5.74, 6) is -0.714. The minimum Gasteiger partial charge on any atom is -0.397 e. The summed E-state index contributed by atoms with van der Waals surface area (Å²) in [5, 5.41) is 0.714. The second-order valence-electron chi connectivity index (χ2n) is 4.38. The molecule has 0 spiro atoms. The molecule has 0 aromatic carbocycles. The van der Waals surface area contributed by atoms with E-state index in [4.69, 9.17) is 11.5 Å². The molecule has 0 fully saturated rings. The van der Waals surface area contributed by atoms with Crippen molar-refractivity contribution in [1.82, 2.24) is 0 Å². The van der Waals surface area contributed by atoms with E-state index in [0.29, 0.717) is 9.88 Å². The average molecular weight is 283 g/mol. The quantitative estimate of drug-likeness (QED) is 0.751. The van der Waals surface area contributed by atoms with Crippen molar-refractivity contribution in [1.29, 1.82) is 0 Å². The van der Waals surface area contributed by atoms with Crippen LogP contribution in [0.25, 0.3) is 0 Å². The van der Waals surface area contributed by atoms with Gasteiger partial charge in [0.25, 0.3) is 5.91 Å². The normalized spacial score (nSPS) is 10.5. The third-order valence-corrected chi connectivity index (χ3v) is 4.31. The van der Waals surface area contributed by atoms with Gasteiger partial charge in [0, 0.05) is 20.0 Å². The first kappa shape index (κ1) is 15.5. The molecule has 0 saturated heterocycles. The molecule has 106 valence electrons. The number of nitrogens with zero attached hydrogens (tertiary/aromatic N) is 1. The molecule has 19 heavy (non-hydrogen) atoms. The van der Waals surface area contributed by atoms with Crippen LogP contribution in [0.1, 0.15) is 53.6 Å². The monoisotopic (exact) mass is 283 g/mol. The fourth-order valence-corrected chi connectivity index (χ4v) is 3.12. The van der Waals surface area contributed by atoms with Gasteiger partial charge < -0.3 is 16.4 Å². The molecule has 1 aromatic heterocycles. The number of primary amides is 1. The van der Waals surface area contributed by atoms with Crippen molar-refractivity contribution in [3.63, 3.8) is 0 Å². The van der Waals surface area contributed by atoms with Gasteiger partial charge in [0.1, 0.15) is 5.00 Å². The van der Waals surface area contributed by atoms with Crippen molar-refractivity contribution in [2.24, 2.45) is 5.73 Å². The number of thiophene rings is 1. The second kappa shape index (κ2) is 6.56. The molecule has 0 bridgehead atoms. The van der Waals surface area contributed by atoms with E-state index in [9.17, 15) is 9.59 Å². The van der Waals surface area contributed by atoms with Crippen molar-refractivity contribution < 1.29 is 9.59 Å². The van der Waals surface area contributed by atoms with Gasteiger partial charge in [-0.15, -0.1) is 11.3 Å². The van der Waals surface area contributed by atoms with Gasteiger partial charge in [0.2, 0.25) is 0 Å². The summed E-state index contributed by atoms with van der Waals surface area (Å²) in [6, 6.07) is 0. The van der Waals surface area contributed by atoms with Crippen LogP contribution in [0.15, 0.2) is 0 Å². The summed E-state index contributed by atoms with van der Waals surface area (Å²) in [6.07, 6.45) is 2.07. The highest BCUT2D eigenvalue weighted by Gasteiger charge is 2.25. The Labute approximate surface area is 117 Å². The van der Waals surface area contributed by atoms with Crippen molar-refractivity contribution in [2.45, 2.75) is 33.6 Å². The van der Waals surface area contributed by atoms with E-state index in [1.54, 1.807) is 0 Å². The van der Waals surface area contributed by atoms with Gasteiger partial charge in [-0.05, 0) is 13.3 Å². The van der Waals surface area contributed by atoms with Gasteiger partial charge in [-0.3, -0.25) is 9.59 Å². The molecule has 0 unspecified atom stereocenters. The van der Waals surface area contributed by atoms with Gasteiger partial charge in [-0.25, -0.2) is 0 Å². The van der Waals surface area contributed by atoms with Crippen LogP contribution in [0.4, 0.5) is 10.7 Å². The fraction of sp³-hybridized carbons (Fsp3) is 0.538. The van der Waals surface area contributed by atoms with Crippen LogP contribution >= 0.6 is 11.3 Å². The number of nitrogens with two attached hydrogens (primary N) is 2. The number of unbranched alkanes of at least 4 members (excludes halogenated alkanes) is 1. The van der Waals surface area contributed by atoms with Crippen molar-refractivity contribution >= 4 is 33.7 Å². The number of rotatable bonds is 7.